The predicted octanol–water partition coefficient (Wildman–Crippen LogP) is 3.29. The number of aliphatic hydroxyl groups is 1. The second-order valence-electron chi connectivity index (χ2n) is 6.07. The number of hydrogen-bond donors (Lipinski definition) is 1. The number of β-lactam (4-membered cyclic amide) rings is 1. The smallest absolute Gasteiger partial charge is 0.257 e. The lowest BCUT2D eigenvalue weighted by molar-refractivity contribution is -0.182. The third kappa shape index (κ3) is 2.57. The lowest BCUT2D eigenvalue weighted by atomic mass is 9.75. The highest BCUT2D eigenvalue weighted by Gasteiger charge is 2.56. The van der Waals surface area contributed by atoms with E-state index >= 15 is 0 Å². The molecule has 0 aliphatic carbocycles. The van der Waals surface area contributed by atoms with Gasteiger partial charge in [-0.05, 0) is 18.1 Å². The molecule has 0 spiro atoms. The van der Waals surface area contributed by atoms with Gasteiger partial charge in [0.05, 0.1) is 12.6 Å². The average Bonchev–Trinajstić information content (AvgIpc) is 2.61. The molecule has 3 rings (SSSR count). The van der Waals surface area contributed by atoms with Gasteiger partial charge in [0, 0.05) is 5.92 Å². The van der Waals surface area contributed by atoms with Gasteiger partial charge in [0.2, 0.25) is 0 Å². The maximum atomic E-state index is 12.7. The topological polar surface area (TPSA) is 40.5 Å². The van der Waals surface area contributed by atoms with Crippen molar-refractivity contribution < 1.29 is 9.90 Å². The Morgan fingerprint density at radius 3 is 2.09 bits per heavy atom. The van der Waals surface area contributed by atoms with E-state index in [-0.39, 0.29) is 11.9 Å². The molecule has 1 saturated heterocycles. The molecule has 0 bridgehead atoms. The van der Waals surface area contributed by atoms with Crippen molar-refractivity contribution in [3.8, 4) is 0 Å². The van der Waals surface area contributed by atoms with E-state index in [1.165, 1.54) is 0 Å². The number of amides is 1. The number of carbonyl (C=O) groups excluding carboxylic acids is 1. The molecule has 3 atom stereocenters. The number of rotatable bonds is 5. The summed E-state index contributed by atoms with van der Waals surface area (Å²) in [7, 11) is 0. The van der Waals surface area contributed by atoms with E-state index in [1.54, 1.807) is 11.0 Å². The minimum Gasteiger partial charge on any atom is -0.377 e. The van der Waals surface area contributed by atoms with E-state index in [4.69, 9.17) is 0 Å². The molecule has 118 valence electrons. The Labute approximate surface area is 136 Å². The van der Waals surface area contributed by atoms with Crippen molar-refractivity contribution in [2.24, 2.45) is 0 Å². The van der Waals surface area contributed by atoms with E-state index in [2.05, 4.69) is 6.58 Å². The monoisotopic (exact) mass is 307 g/mol. The number of benzene rings is 2. The second kappa shape index (κ2) is 6.01. The zero-order valence-electron chi connectivity index (χ0n) is 13.2. The summed E-state index contributed by atoms with van der Waals surface area (Å²) in [5.74, 6) is -0.627. The first-order valence-corrected chi connectivity index (χ1v) is 7.84. The number of nitrogens with zero attached hydrogens (tertiary/aromatic N) is 1. The van der Waals surface area contributed by atoms with Gasteiger partial charge in [-0.3, -0.25) is 4.79 Å². The summed E-state index contributed by atoms with van der Waals surface area (Å²) in [6, 6.07) is 19.4. The van der Waals surface area contributed by atoms with Gasteiger partial charge in [0.25, 0.3) is 5.91 Å². The molecule has 0 radical (unpaired) electrons. The van der Waals surface area contributed by atoms with Gasteiger partial charge in [-0.25, -0.2) is 0 Å². The van der Waals surface area contributed by atoms with E-state index in [0.29, 0.717) is 6.54 Å². The summed E-state index contributed by atoms with van der Waals surface area (Å²) in [4.78, 5) is 14.4. The van der Waals surface area contributed by atoms with Crippen LogP contribution in [-0.2, 0) is 4.79 Å². The Hall–Kier alpha value is -2.39. The van der Waals surface area contributed by atoms with Crippen molar-refractivity contribution in [1.29, 1.82) is 0 Å². The normalized spacial score (nSPS) is 23.0. The number of carbonyl (C=O) groups is 1. The molecule has 0 saturated carbocycles. The zero-order chi connectivity index (χ0) is 16.4. The molecule has 1 aliphatic rings. The lowest BCUT2D eigenvalue weighted by Crippen LogP contribution is -2.69. The molecular weight excluding hydrogens is 286 g/mol. The molecule has 23 heavy (non-hydrogen) atoms. The van der Waals surface area contributed by atoms with E-state index < -0.39 is 11.5 Å². The molecule has 1 N–H and O–H groups in total. The first-order valence-electron chi connectivity index (χ1n) is 7.84. The lowest BCUT2D eigenvalue weighted by Gasteiger charge is -2.51. The minimum absolute atomic E-state index is 0.0507. The molecule has 3 heteroatoms. The largest absolute Gasteiger partial charge is 0.377 e. The predicted molar refractivity (Wildman–Crippen MR) is 90.9 cm³/mol. The van der Waals surface area contributed by atoms with Gasteiger partial charge in [-0.15, -0.1) is 6.58 Å². The summed E-state index contributed by atoms with van der Waals surface area (Å²) in [6.45, 7) is 6.11. The third-order valence-corrected chi connectivity index (χ3v) is 4.70. The maximum Gasteiger partial charge on any atom is 0.257 e. The molecule has 3 nitrogen and oxygen atoms in total. The van der Waals surface area contributed by atoms with Crippen LogP contribution in [0.2, 0.25) is 0 Å². The van der Waals surface area contributed by atoms with Crippen LogP contribution in [0.15, 0.2) is 73.3 Å². The molecule has 1 aliphatic heterocycles. The van der Waals surface area contributed by atoms with Gasteiger partial charge in [-0.1, -0.05) is 66.7 Å². The fraction of sp³-hybridized carbons (Fsp3) is 0.250. The van der Waals surface area contributed by atoms with Gasteiger partial charge in [0.1, 0.15) is 0 Å². The average molecular weight is 307 g/mol. The highest BCUT2D eigenvalue weighted by Crippen LogP contribution is 2.41. The molecule has 0 unspecified atom stereocenters. The van der Waals surface area contributed by atoms with Gasteiger partial charge in [-0.2, -0.15) is 0 Å². The summed E-state index contributed by atoms with van der Waals surface area (Å²) >= 11 is 0. The number of β-amino-alcohol motifs (C(OH)–C–C–N with tert-alkyl or cyclic N) is 1. The quantitative estimate of drug-likeness (QED) is 0.680. The van der Waals surface area contributed by atoms with Crippen molar-refractivity contribution in [2.45, 2.75) is 24.5 Å². The summed E-state index contributed by atoms with van der Waals surface area (Å²) in [6.07, 6.45) is 1.66. The van der Waals surface area contributed by atoms with Crippen molar-refractivity contribution >= 4 is 5.91 Å². The van der Waals surface area contributed by atoms with Crippen molar-refractivity contribution in [3.63, 3.8) is 0 Å². The first-order chi connectivity index (χ1) is 11.1. The van der Waals surface area contributed by atoms with Crippen LogP contribution in [0.4, 0.5) is 0 Å². The molecule has 2 aromatic rings. The third-order valence-electron chi connectivity index (χ3n) is 4.70. The van der Waals surface area contributed by atoms with Crippen LogP contribution in [0.1, 0.15) is 30.0 Å². The van der Waals surface area contributed by atoms with Crippen LogP contribution in [-0.4, -0.2) is 28.1 Å². The molecule has 1 amide bonds. The Balaban J connectivity index is 1.81. The fourth-order valence-corrected chi connectivity index (χ4v) is 3.28. The minimum atomic E-state index is -1.40. The highest BCUT2D eigenvalue weighted by atomic mass is 16.3. The van der Waals surface area contributed by atoms with Gasteiger partial charge < -0.3 is 10.0 Å². The Kier molecular flexibility index (Phi) is 4.05. The fourth-order valence-electron chi connectivity index (χ4n) is 3.28. The second-order valence-corrected chi connectivity index (χ2v) is 6.07. The highest BCUT2D eigenvalue weighted by molar-refractivity contribution is 5.93. The molecule has 0 aromatic heterocycles. The zero-order valence-corrected chi connectivity index (χ0v) is 13.2. The van der Waals surface area contributed by atoms with Crippen molar-refractivity contribution in [3.05, 3.63) is 84.4 Å². The Morgan fingerprint density at radius 2 is 1.61 bits per heavy atom. The van der Waals surface area contributed by atoms with Crippen LogP contribution in [0, 0.1) is 0 Å². The molecule has 1 heterocycles. The molecule has 1 fully saturated rings. The molecule has 2 aromatic carbocycles. The number of likely N-dealkylation sites (tertiary alicyclic amines) is 1. The summed E-state index contributed by atoms with van der Waals surface area (Å²) < 4.78 is 0. The van der Waals surface area contributed by atoms with Crippen LogP contribution >= 0.6 is 0 Å². The maximum absolute atomic E-state index is 12.7. The van der Waals surface area contributed by atoms with E-state index in [0.717, 1.165) is 11.1 Å². The summed E-state index contributed by atoms with van der Waals surface area (Å²) in [5.41, 5.74) is 0.578. The summed E-state index contributed by atoms with van der Waals surface area (Å²) in [5, 5.41) is 10.9. The van der Waals surface area contributed by atoms with Crippen LogP contribution in [0.3, 0.4) is 0 Å². The van der Waals surface area contributed by atoms with Gasteiger partial charge in [0.15, 0.2) is 5.60 Å². The van der Waals surface area contributed by atoms with Crippen molar-refractivity contribution in [1.82, 2.24) is 4.90 Å². The van der Waals surface area contributed by atoms with E-state index in [1.807, 2.05) is 67.6 Å². The van der Waals surface area contributed by atoms with E-state index in [9.17, 15) is 9.90 Å². The standard InChI is InChI=1S/C20H21NO2/c1-3-18(17-12-8-5-9-13-17)20(23)14-21(19(20)22)15(2)16-10-6-4-7-11-16/h3-13,15,18,23H,1,14H2,2H3/t15-,18+,20-/m0/s1. The molecular formula is C20H21NO2. The van der Waals surface area contributed by atoms with Crippen LogP contribution in [0.25, 0.3) is 0 Å². The Morgan fingerprint density at radius 1 is 1.09 bits per heavy atom. The van der Waals surface area contributed by atoms with Crippen LogP contribution in [0.5, 0.6) is 0 Å². The first kappa shape index (κ1) is 15.5. The Bertz CT molecular complexity index is 698. The number of hydrogen-bond acceptors (Lipinski definition) is 2. The van der Waals surface area contributed by atoms with Gasteiger partial charge >= 0.3 is 0 Å². The SMILES string of the molecule is C=C[C@H](c1ccccc1)[C@@]1(O)CN([C@@H](C)c2ccccc2)C1=O. The van der Waals surface area contributed by atoms with Crippen molar-refractivity contribution in [2.75, 3.05) is 6.54 Å². The van der Waals surface area contributed by atoms with Crippen LogP contribution < -0.4 is 0 Å².